The molecule has 0 spiro atoms. The van der Waals surface area contributed by atoms with E-state index in [9.17, 15) is 18.4 Å². The van der Waals surface area contributed by atoms with Crippen LogP contribution in [-0.2, 0) is 17.9 Å². The molecule has 1 aromatic carbocycles. The van der Waals surface area contributed by atoms with E-state index in [1.165, 1.54) is 12.1 Å². The van der Waals surface area contributed by atoms with Gasteiger partial charge in [0.15, 0.2) is 0 Å². The summed E-state index contributed by atoms with van der Waals surface area (Å²) in [5.41, 5.74) is 1.71. The van der Waals surface area contributed by atoms with Crippen LogP contribution >= 0.6 is 0 Å². The van der Waals surface area contributed by atoms with Crippen LogP contribution in [0, 0.1) is 11.6 Å². The maximum atomic E-state index is 14.3. The molecule has 6 nitrogen and oxygen atoms in total. The standard InChI is InChI=1S/C23H27F2N3O3/c1-3-19(16-7-6-15(24)11-18(16)25)26-22(29)17-12-20(28-9-10-31-13-21(17)28)23(30)27-8-4-5-14(27)2/h6-7,11-12,14,19H,3-5,8-10,13H2,1-2H3,(H,26,29). The van der Waals surface area contributed by atoms with Crippen molar-refractivity contribution < 1.29 is 23.1 Å². The molecule has 2 amide bonds. The van der Waals surface area contributed by atoms with Gasteiger partial charge in [-0.3, -0.25) is 9.59 Å². The maximum Gasteiger partial charge on any atom is 0.270 e. The molecule has 0 saturated carbocycles. The minimum absolute atomic E-state index is 0.0798. The third-order valence-electron chi connectivity index (χ3n) is 6.24. The van der Waals surface area contributed by atoms with Gasteiger partial charge in [0, 0.05) is 30.8 Å². The Morgan fingerprint density at radius 2 is 2.06 bits per heavy atom. The Bertz CT molecular complexity index is 1000. The quantitative estimate of drug-likeness (QED) is 0.783. The first kappa shape index (κ1) is 21.5. The third kappa shape index (κ3) is 4.08. The van der Waals surface area contributed by atoms with E-state index in [1.54, 1.807) is 6.07 Å². The summed E-state index contributed by atoms with van der Waals surface area (Å²) in [4.78, 5) is 28.2. The van der Waals surface area contributed by atoms with Crippen LogP contribution < -0.4 is 5.32 Å². The molecule has 31 heavy (non-hydrogen) atoms. The van der Waals surface area contributed by atoms with Crippen LogP contribution in [0.25, 0.3) is 0 Å². The summed E-state index contributed by atoms with van der Waals surface area (Å²) in [6.07, 6.45) is 2.37. The minimum Gasteiger partial charge on any atom is -0.373 e. The number of rotatable bonds is 5. The van der Waals surface area contributed by atoms with Gasteiger partial charge in [0.05, 0.1) is 30.5 Å². The van der Waals surface area contributed by atoms with Gasteiger partial charge in [-0.15, -0.1) is 0 Å². The lowest BCUT2D eigenvalue weighted by molar-refractivity contribution is 0.0683. The summed E-state index contributed by atoms with van der Waals surface area (Å²) < 4.78 is 35.0. The van der Waals surface area contributed by atoms with Gasteiger partial charge in [-0.05, 0) is 38.3 Å². The highest BCUT2D eigenvalue weighted by molar-refractivity contribution is 6.01. The van der Waals surface area contributed by atoms with E-state index < -0.39 is 23.6 Å². The molecule has 0 bridgehead atoms. The largest absolute Gasteiger partial charge is 0.373 e. The lowest BCUT2D eigenvalue weighted by Gasteiger charge is -2.24. The molecular weight excluding hydrogens is 404 g/mol. The Morgan fingerprint density at radius 1 is 1.26 bits per heavy atom. The van der Waals surface area contributed by atoms with Crippen molar-refractivity contribution in [2.45, 2.75) is 58.3 Å². The monoisotopic (exact) mass is 431 g/mol. The zero-order valence-electron chi connectivity index (χ0n) is 17.8. The average Bonchev–Trinajstić information content (AvgIpc) is 3.36. The van der Waals surface area contributed by atoms with Crippen molar-refractivity contribution in [2.75, 3.05) is 13.2 Å². The summed E-state index contributed by atoms with van der Waals surface area (Å²) in [7, 11) is 0. The van der Waals surface area contributed by atoms with Gasteiger partial charge in [0.1, 0.15) is 17.3 Å². The number of halogens is 2. The number of hydrogen-bond donors (Lipinski definition) is 1. The molecule has 1 aromatic heterocycles. The van der Waals surface area contributed by atoms with Crippen LogP contribution in [-0.4, -0.2) is 40.5 Å². The predicted molar refractivity (Wildman–Crippen MR) is 111 cm³/mol. The lowest BCUT2D eigenvalue weighted by Crippen LogP contribution is -2.35. The van der Waals surface area contributed by atoms with Crippen LogP contribution in [0.3, 0.4) is 0 Å². The molecule has 0 aliphatic carbocycles. The molecule has 2 atom stereocenters. The number of ether oxygens (including phenoxy) is 1. The van der Waals surface area contributed by atoms with Crippen molar-refractivity contribution in [1.29, 1.82) is 0 Å². The molecule has 1 saturated heterocycles. The van der Waals surface area contributed by atoms with Crippen LogP contribution in [0.2, 0.25) is 0 Å². The molecule has 166 valence electrons. The van der Waals surface area contributed by atoms with E-state index >= 15 is 0 Å². The van der Waals surface area contributed by atoms with E-state index in [0.29, 0.717) is 43.1 Å². The number of likely N-dealkylation sites (tertiary alicyclic amines) is 1. The van der Waals surface area contributed by atoms with Gasteiger partial charge in [-0.1, -0.05) is 13.0 Å². The van der Waals surface area contributed by atoms with Crippen molar-refractivity contribution in [3.8, 4) is 0 Å². The van der Waals surface area contributed by atoms with E-state index in [2.05, 4.69) is 5.32 Å². The number of nitrogens with one attached hydrogen (secondary N) is 1. The molecule has 1 fully saturated rings. The number of carbonyl (C=O) groups excluding carboxylic acids is 2. The second kappa shape index (κ2) is 8.78. The Balaban J connectivity index is 1.63. The number of hydrogen-bond acceptors (Lipinski definition) is 3. The van der Waals surface area contributed by atoms with Crippen LogP contribution in [0.15, 0.2) is 24.3 Å². The second-order valence-corrected chi connectivity index (χ2v) is 8.18. The molecule has 2 aliphatic rings. The number of aromatic nitrogens is 1. The molecule has 4 rings (SSSR count). The first-order valence-electron chi connectivity index (χ1n) is 10.8. The molecule has 2 aliphatic heterocycles. The van der Waals surface area contributed by atoms with Gasteiger partial charge in [0.2, 0.25) is 0 Å². The number of benzene rings is 1. The molecule has 2 unspecified atom stereocenters. The Labute approximate surface area is 180 Å². The molecule has 0 radical (unpaired) electrons. The highest BCUT2D eigenvalue weighted by atomic mass is 19.1. The number of carbonyl (C=O) groups is 2. The van der Waals surface area contributed by atoms with Gasteiger partial charge in [-0.25, -0.2) is 8.78 Å². The Hall–Kier alpha value is -2.74. The fraction of sp³-hybridized carbons (Fsp3) is 0.478. The smallest absolute Gasteiger partial charge is 0.270 e. The molecule has 1 N–H and O–H groups in total. The normalized spacial score (nSPS) is 19.2. The van der Waals surface area contributed by atoms with Crippen LogP contribution in [0.1, 0.15) is 71.3 Å². The fourth-order valence-corrected chi connectivity index (χ4v) is 4.50. The van der Waals surface area contributed by atoms with Gasteiger partial charge in [0.25, 0.3) is 11.8 Å². The molecule has 2 aromatic rings. The van der Waals surface area contributed by atoms with Crippen molar-refractivity contribution in [3.05, 3.63) is 58.4 Å². The van der Waals surface area contributed by atoms with Crippen LogP contribution in [0.4, 0.5) is 8.78 Å². The SMILES string of the molecule is CCC(NC(=O)c1cc(C(=O)N2CCCC2C)n2c1COCC2)c1ccc(F)cc1F. The summed E-state index contributed by atoms with van der Waals surface area (Å²) in [6.45, 7) is 5.75. The minimum atomic E-state index is -0.701. The summed E-state index contributed by atoms with van der Waals surface area (Å²) >= 11 is 0. The van der Waals surface area contributed by atoms with E-state index in [-0.39, 0.29) is 24.1 Å². The molecular formula is C23H27F2N3O3. The topological polar surface area (TPSA) is 63.6 Å². The lowest BCUT2D eigenvalue weighted by atomic mass is 10.0. The van der Waals surface area contributed by atoms with Crippen molar-refractivity contribution in [1.82, 2.24) is 14.8 Å². The summed E-state index contributed by atoms with van der Waals surface area (Å²) in [6, 6.07) is 4.51. The van der Waals surface area contributed by atoms with Gasteiger partial charge >= 0.3 is 0 Å². The zero-order chi connectivity index (χ0) is 22.1. The zero-order valence-corrected chi connectivity index (χ0v) is 17.8. The third-order valence-corrected chi connectivity index (χ3v) is 6.24. The maximum absolute atomic E-state index is 14.3. The molecule has 3 heterocycles. The summed E-state index contributed by atoms with van der Waals surface area (Å²) in [5.74, 6) is -1.85. The fourth-order valence-electron chi connectivity index (χ4n) is 4.50. The number of fused-ring (bicyclic) bond motifs is 1. The predicted octanol–water partition coefficient (Wildman–Crippen LogP) is 3.80. The van der Waals surface area contributed by atoms with Gasteiger partial charge in [-0.2, -0.15) is 0 Å². The van der Waals surface area contributed by atoms with Crippen molar-refractivity contribution in [2.24, 2.45) is 0 Å². The van der Waals surface area contributed by atoms with Crippen molar-refractivity contribution >= 4 is 11.8 Å². The van der Waals surface area contributed by atoms with E-state index in [0.717, 1.165) is 18.9 Å². The average molecular weight is 431 g/mol. The highest BCUT2D eigenvalue weighted by Gasteiger charge is 2.32. The van der Waals surface area contributed by atoms with Crippen molar-refractivity contribution in [3.63, 3.8) is 0 Å². The first-order chi connectivity index (χ1) is 14.9. The van der Waals surface area contributed by atoms with Crippen LogP contribution in [0.5, 0.6) is 0 Å². The Kier molecular flexibility index (Phi) is 6.09. The molecule has 8 heteroatoms. The number of amides is 2. The number of nitrogens with zero attached hydrogens (tertiary/aromatic N) is 2. The second-order valence-electron chi connectivity index (χ2n) is 8.18. The highest BCUT2D eigenvalue weighted by Crippen LogP contribution is 2.27. The first-order valence-corrected chi connectivity index (χ1v) is 10.8. The van der Waals surface area contributed by atoms with E-state index in [4.69, 9.17) is 4.74 Å². The summed E-state index contributed by atoms with van der Waals surface area (Å²) in [5, 5.41) is 2.85. The van der Waals surface area contributed by atoms with E-state index in [1.807, 2.05) is 23.3 Å². The van der Waals surface area contributed by atoms with Gasteiger partial charge < -0.3 is 19.5 Å². The Morgan fingerprint density at radius 3 is 2.74 bits per heavy atom.